The fourth-order valence-electron chi connectivity index (χ4n) is 4.24. The van der Waals surface area contributed by atoms with Crippen LogP contribution in [0.2, 0.25) is 0 Å². The summed E-state index contributed by atoms with van der Waals surface area (Å²) in [5, 5.41) is 0. The summed E-state index contributed by atoms with van der Waals surface area (Å²) in [6, 6.07) is 12.8. The van der Waals surface area contributed by atoms with E-state index in [-0.39, 0.29) is 21.7 Å². The lowest BCUT2D eigenvalue weighted by Crippen LogP contribution is -2.17. The molecule has 31 heavy (non-hydrogen) atoms. The lowest BCUT2D eigenvalue weighted by atomic mass is 10.2. The SMILES string of the molecule is Cc1ccc(C)c(S(=O)(=O)c2c(N)n(C[C@H]3CCCO3)c3nc4ccccc4nc23)c1. The summed E-state index contributed by atoms with van der Waals surface area (Å²) in [7, 11) is -3.92. The largest absolute Gasteiger partial charge is 0.384 e. The van der Waals surface area contributed by atoms with E-state index in [0.717, 1.165) is 18.4 Å². The van der Waals surface area contributed by atoms with Crippen LogP contribution in [0.3, 0.4) is 0 Å². The van der Waals surface area contributed by atoms with Crippen LogP contribution in [0.5, 0.6) is 0 Å². The normalized spacial score (nSPS) is 17.0. The molecule has 0 saturated carbocycles. The van der Waals surface area contributed by atoms with Crippen LogP contribution in [-0.4, -0.2) is 35.7 Å². The number of ether oxygens (including phenoxy) is 1. The summed E-state index contributed by atoms with van der Waals surface area (Å²) in [6.07, 6.45) is 1.85. The Morgan fingerprint density at radius 1 is 1.13 bits per heavy atom. The maximum atomic E-state index is 13.8. The van der Waals surface area contributed by atoms with Crippen molar-refractivity contribution in [3.05, 3.63) is 53.6 Å². The number of anilines is 1. The topological polar surface area (TPSA) is 100 Å². The Bertz CT molecular complexity index is 1420. The van der Waals surface area contributed by atoms with Crippen LogP contribution in [0.4, 0.5) is 5.82 Å². The second kappa shape index (κ2) is 7.32. The molecule has 0 radical (unpaired) electrons. The minimum atomic E-state index is -3.92. The minimum Gasteiger partial charge on any atom is -0.384 e. The zero-order valence-corrected chi connectivity index (χ0v) is 18.3. The van der Waals surface area contributed by atoms with Crippen molar-refractivity contribution in [2.45, 2.75) is 49.1 Å². The number of benzene rings is 2. The van der Waals surface area contributed by atoms with Crippen molar-refractivity contribution in [3.8, 4) is 0 Å². The van der Waals surface area contributed by atoms with Crippen molar-refractivity contribution in [3.63, 3.8) is 0 Å². The fraction of sp³-hybridized carbons (Fsp3) is 0.304. The van der Waals surface area contributed by atoms with Crippen LogP contribution in [-0.2, 0) is 21.1 Å². The molecule has 1 saturated heterocycles. The number of para-hydroxylation sites is 2. The molecule has 2 aromatic carbocycles. The quantitative estimate of drug-likeness (QED) is 0.522. The van der Waals surface area contributed by atoms with Crippen molar-refractivity contribution in [1.29, 1.82) is 0 Å². The van der Waals surface area contributed by atoms with E-state index < -0.39 is 9.84 Å². The Labute approximate surface area is 180 Å². The summed E-state index contributed by atoms with van der Waals surface area (Å²) in [6.45, 7) is 4.80. The third-order valence-electron chi connectivity index (χ3n) is 5.86. The van der Waals surface area contributed by atoms with Crippen molar-refractivity contribution in [1.82, 2.24) is 14.5 Å². The van der Waals surface area contributed by atoms with Gasteiger partial charge in [0.2, 0.25) is 9.84 Å². The molecule has 0 bridgehead atoms. The Balaban J connectivity index is 1.81. The first-order chi connectivity index (χ1) is 14.9. The molecular weight excluding hydrogens is 412 g/mol. The van der Waals surface area contributed by atoms with Crippen LogP contribution in [0.15, 0.2) is 52.3 Å². The van der Waals surface area contributed by atoms with Crippen molar-refractivity contribution in [2.24, 2.45) is 0 Å². The van der Waals surface area contributed by atoms with Crippen molar-refractivity contribution < 1.29 is 13.2 Å². The highest BCUT2D eigenvalue weighted by atomic mass is 32.2. The van der Waals surface area contributed by atoms with Gasteiger partial charge in [-0.3, -0.25) is 0 Å². The van der Waals surface area contributed by atoms with Gasteiger partial charge in [-0.2, -0.15) is 0 Å². The van der Waals surface area contributed by atoms with Gasteiger partial charge in [0.05, 0.1) is 28.6 Å². The number of nitrogens with two attached hydrogens (primary N) is 1. The van der Waals surface area contributed by atoms with E-state index in [0.29, 0.717) is 40.9 Å². The first-order valence-electron chi connectivity index (χ1n) is 10.3. The van der Waals surface area contributed by atoms with E-state index in [1.165, 1.54) is 0 Å². The summed E-state index contributed by atoms with van der Waals surface area (Å²) in [5.41, 5.74) is 10.1. The van der Waals surface area contributed by atoms with Gasteiger partial charge in [-0.25, -0.2) is 18.4 Å². The van der Waals surface area contributed by atoms with Gasteiger partial charge in [-0.15, -0.1) is 0 Å². The average Bonchev–Trinajstić information content (AvgIpc) is 3.35. The number of nitrogens with zero attached hydrogens (tertiary/aromatic N) is 3. The molecular formula is C23H24N4O3S. The molecule has 2 N–H and O–H groups in total. The monoisotopic (exact) mass is 436 g/mol. The number of fused-ring (bicyclic) bond motifs is 2. The molecule has 2 aromatic heterocycles. The zero-order chi connectivity index (χ0) is 21.8. The molecule has 1 atom stereocenters. The van der Waals surface area contributed by atoms with E-state index in [1.54, 1.807) is 17.6 Å². The first kappa shape index (κ1) is 20.0. The molecule has 8 heteroatoms. The number of nitrogen functional groups attached to an aromatic ring is 1. The Morgan fingerprint density at radius 3 is 2.58 bits per heavy atom. The fourth-order valence-corrected chi connectivity index (χ4v) is 6.07. The van der Waals surface area contributed by atoms with Gasteiger partial charge in [0.15, 0.2) is 5.65 Å². The number of hydrogen-bond acceptors (Lipinski definition) is 6. The Kier molecular flexibility index (Phi) is 4.71. The van der Waals surface area contributed by atoms with Gasteiger partial charge in [-0.05, 0) is 56.0 Å². The van der Waals surface area contributed by atoms with Gasteiger partial charge < -0.3 is 15.0 Å². The molecule has 0 spiro atoms. The maximum absolute atomic E-state index is 13.8. The molecule has 1 aliphatic heterocycles. The number of aromatic nitrogens is 3. The van der Waals surface area contributed by atoms with Gasteiger partial charge in [0, 0.05) is 6.61 Å². The van der Waals surface area contributed by atoms with E-state index in [2.05, 4.69) is 0 Å². The van der Waals surface area contributed by atoms with Crippen LogP contribution in [0, 0.1) is 13.8 Å². The molecule has 5 rings (SSSR count). The van der Waals surface area contributed by atoms with E-state index in [4.69, 9.17) is 20.4 Å². The van der Waals surface area contributed by atoms with Crippen LogP contribution < -0.4 is 5.73 Å². The van der Waals surface area contributed by atoms with Crippen LogP contribution in [0.25, 0.3) is 22.2 Å². The van der Waals surface area contributed by atoms with Crippen LogP contribution in [0.1, 0.15) is 24.0 Å². The number of aryl methyl sites for hydroxylation is 2. The summed E-state index contributed by atoms with van der Waals surface area (Å²) in [5.74, 6) is 0.154. The summed E-state index contributed by atoms with van der Waals surface area (Å²) >= 11 is 0. The summed E-state index contributed by atoms with van der Waals surface area (Å²) in [4.78, 5) is 9.70. The lowest BCUT2D eigenvalue weighted by Gasteiger charge is -2.13. The standard InChI is InChI=1S/C23H24N4O3S/c1-14-9-10-15(2)19(12-14)31(28,29)21-20-23(26-18-8-4-3-7-17(18)25-20)27(22(21)24)13-16-6-5-11-30-16/h3-4,7-10,12,16H,5-6,11,13,24H2,1-2H3/t16-/m1/s1. The van der Waals surface area contributed by atoms with E-state index in [9.17, 15) is 8.42 Å². The Hall–Kier alpha value is -2.97. The van der Waals surface area contributed by atoms with Gasteiger partial charge in [-0.1, -0.05) is 24.3 Å². The molecule has 0 amide bonds. The van der Waals surface area contributed by atoms with Crippen molar-refractivity contribution >= 4 is 37.9 Å². The Morgan fingerprint density at radius 2 is 1.87 bits per heavy atom. The molecule has 4 aromatic rings. The minimum absolute atomic E-state index is 0.0208. The smallest absolute Gasteiger partial charge is 0.212 e. The third-order valence-corrected chi connectivity index (χ3v) is 7.82. The van der Waals surface area contributed by atoms with E-state index >= 15 is 0 Å². The van der Waals surface area contributed by atoms with Gasteiger partial charge in [0.1, 0.15) is 16.2 Å². The van der Waals surface area contributed by atoms with Gasteiger partial charge in [0.25, 0.3) is 0 Å². The molecule has 1 fully saturated rings. The van der Waals surface area contributed by atoms with Crippen LogP contribution >= 0.6 is 0 Å². The number of rotatable bonds is 4. The highest BCUT2D eigenvalue weighted by molar-refractivity contribution is 7.92. The number of sulfone groups is 1. The summed E-state index contributed by atoms with van der Waals surface area (Å²) < 4.78 is 35.2. The maximum Gasteiger partial charge on any atom is 0.212 e. The highest BCUT2D eigenvalue weighted by Crippen LogP contribution is 2.37. The predicted octanol–water partition coefficient (Wildman–Crippen LogP) is 3.80. The second-order valence-electron chi connectivity index (χ2n) is 8.12. The average molecular weight is 437 g/mol. The molecule has 0 unspecified atom stereocenters. The first-order valence-corrected chi connectivity index (χ1v) is 11.8. The second-order valence-corrected chi connectivity index (χ2v) is 9.97. The zero-order valence-electron chi connectivity index (χ0n) is 17.5. The highest BCUT2D eigenvalue weighted by Gasteiger charge is 2.32. The molecule has 0 aliphatic carbocycles. The van der Waals surface area contributed by atoms with Crippen molar-refractivity contribution in [2.75, 3.05) is 12.3 Å². The predicted molar refractivity (Wildman–Crippen MR) is 120 cm³/mol. The molecule has 1 aliphatic rings. The lowest BCUT2D eigenvalue weighted by molar-refractivity contribution is 0.0983. The molecule has 160 valence electrons. The number of hydrogen-bond donors (Lipinski definition) is 1. The van der Waals surface area contributed by atoms with E-state index in [1.807, 2.05) is 43.3 Å². The molecule has 7 nitrogen and oxygen atoms in total. The van der Waals surface area contributed by atoms with Gasteiger partial charge >= 0.3 is 0 Å². The molecule has 3 heterocycles. The third kappa shape index (κ3) is 3.26.